The van der Waals surface area contributed by atoms with Crippen molar-refractivity contribution >= 4 is 11.5 Å². The van der Waals surface area contributed by atoms with Crippen LogP contribution in [0.25, 0.3) is 0 Å². The summed E-state index contributed by atoms with van der Waals surface area (Å²) in [7, 11) is 0. The van der Waals surface area contributed by atoms with Gasteiger partial charge >= 0.3 is 5.69 Å². The number of anilines is 1. The molecule has 6 nitrogen and oxygen atoms in total. The molecule has 1 aromatic carbocycles. The van der Waals surface area contributed by atoms with Crippen LogP contribution >= 0.6 is 0 Å². The van der Waals surface area contributed by atoms with Crippen LogP contribution in [-0.4, -0.2) is 28.1 Å². The summed E-state index contributed by atoms with van der Waals surface area (Å²) >= 11 is 0. The molecule has 1 saturated heterocycles. The predicted octanol–water partition coefficient (Wildman–Crippen LogP) is 2.94. The Morgan fingerprint density at radius 1 is 1.17 bits per heavy atom. The summed E-state index contributed by atoms with van der Waals surface area (Å²) < 4.78 is 0. The monoisotopic (exact) mass is 313 g/mol. The zero-order chi connectivity index (χ0) is 16.2. The molecule has 1 aliphatic rings. The highest BCUT2D eigenvalue weighted by Gasteiger charge is 2.29. The highest BCUT2D eigenvalue weighted by Crippen LogP contribution is 2.34. The summed E-state index contributed by atoms with van der Waals surface area (Å²) in [6, 6.07) is 12.7. The Balaban J connectivity index is 1.68. The molecule has 1 N–H and O–H groups in total. The van der Waals surface area contributed by atoms with Crippen LogP contribution in [0.1, 0.15) is 24.5 Å². The fourth-order valence-electron chi connectivity index (χ4n) is 3.12. The van der Waals surface area contributed by atoms with E-state index in [1.165, 1.54) is 6.07 Å². The molecule has 1 aliphatic heterocycles. The normalized spacial score (nSPS) is 17.0. The molecule has 1 aromatic heterocycles. The van der Waals surface area contributed by atoms with E-state index in [0.29, 0.717) is 18.9 Å². The summed E-state index contributed by atoms with van der Waals surface area (Å²) in [4.78, 5) is 16.8. The summed E-state index contributed by atoms with van der Waals surface area (Å²) in [6.45, 7) is 1.32. The van der Waals surface area contributed by atoms with E-state index >= 15 is 0 Å². The zero-order valence-corrected chi connectivity index (χ0v) is 12.7. The van der Waals surface area contributed by atoms with Gasteiger partial charge in [-0.15, -0.1) is 0 Å². The SMILES string of the molecule is O=[N+]([O-])c1cccnc1N1CCC(C(O)c2ccccc2)CC1. The number of pyridine rings is 1. The van der Waals surface area contributed by atoms with E-state index in [1.54, 1.807) is 12.3 Å². The maximum Gasteiger partial charge on any atom is 0.311 e. The number of nitrogens with zero attached hydrogens (tertiary/aromatic N) is 3. The van der Waals surface area contributed by atoms with Gasteiger partial charge in [0.25, 0.3) is 0 Å². The number of piperidine rings is 1. The van der Waals surface area contributed by atoms with Gasteiger partial charge in [-0.25, -0.2) is 4.98 Å². The van der Waals surface area contributed by atoms with E-state index in [1.807, 2.05) is 35.2 Å². The van der Waals surface area contributed by atoms with Gasteiger partial charge in [0.15, 0.2) is 0 Å². The van der Waals surface area contributed by atoms with Gasteiger partial charge in [-0.05, 0) is 30.4 Å². The number of hydrogen-bond donors (Lipinski definition) is 1. The maximum atomic E-state index is 11.1. The first-order chi connectivity index (χ1) is 11.2. The molecule has 0 aliphatic carbocycles. The minimum absolute atomic E-state index is 0.0366. The fourth-order valence-corrected chi connectivity index (χ4v) is 3.12. The number of aromatic nitrogens is 1. The molecule has 1 unspecified atom stereocenters. The molecule has 2 aromatic rings. The fraction of sp³-hybridized carbons (Fsp3) is 0.353. The molecule has 3 rings (SSSR count). The van der Waals surface area contributed by atoms with Crippen molar-refractivity contribution in [1.82, 2.24) is 4.98 Å². The third-order valence-electron chi connectivity index (χ3n) is 4.39. The minimum atomic E-state index is -0.489. The summed E-state index contributed by atoms with van der Waals surface area (Å²) in [5, 5.41) is 21.6. The molecule has 0 amide bonds. The lowest BCUT2D eigenvalue weighted by atomic mass is 9.87. The third kappa shape index (κ3) is 3.32. The largest absolute Gasteiger partial charge is 0.388 e. The Morgan fingerprint density at radius 3 is 2.52 bits per heavy atom. The zero-order valence-electron chi connectivity index (χ0n) is 12.7. The first kappa shape index (κ1) is 15.4. The maximum absolute atomic E-state index is 11.1. The lowest BCUT2D eigenvalue weighted by Gasteiger charge is -2.34. The molecule has 120 valence electrons. The Kier molecular flexibility index (Phi) is 4.52. The predicted molar refractivity (Wildman–Crippen MR) is 87.2 cm³/mol. The van der Waals surface area contributed by atoms with E-state index in [0.717, 1.165) is 18.4 Å². The molecule has 0 bridgehead atoms. The van der Waals surface area contributed by atoms with Crippen molar-refractivity contribution in [3.63, 3.8) is 0 Å². The van der Waals surface area contributed by atoms with Crippen molar-refractivity contribution in [3.05, 3.63) is 64.3 Å². The lowest BCUT2D eigenvalue weighted by molar-refractivity contribution is -0.384. The number of hydrogen-bond acceptors (Lipinski definition) is 5. The second-order valence-corrected chi connectivity index (χ2v) is 5.78. The first-order valence-corrected chi connectivity index (χ1v) is 7.74. The Hall–Kier alpha value is -2.47. The number of rotatable bonds is 4. The minimum Gasteiger partial charge on any atom is -0.388 e. The highest BCUT2D eigenvalue weighted by atomic mass is 16.6. The van der Waals surface area contributed by atoms with Gasteiger partial charge in [-0.3, -0.25) is 10.1 Å². The molecular formula is C17H19N3O3. The van der Waals surface area contributed by atoms with E-state index in [9.17, 15) is 15.2 Å². The molecule has 1 fully saturated rings. The molecular weight excluding hydrogens is 294 g/mol. The van der Waals surface area contributed by atoms with Crippen LogP contribution < -0.4 is 4.90 Å². The Morgan fingerprint density at radius 2 is 1.87 bits per heavy atom. The Bertz CT molecular complexity index is 670. The van der Waals surface area contributed by atoms with Crippen molar-refractivity contribution in [2.45, 2.75) is 18.9 Å². The van der Waals surface area contributed by atoms with Gasteiger partial charge in [0.1, 0.15) is 0 Å². The summed E-state index contributed by atoms with van der Waals surface area (Å²) in [5.41, 5.74) is 0.962. The quantitative estimate of drug-likeness (QED) is 0.693. The average Bonchev–Trinajstić information content (AvgIpc) is 2.62. The lowest BCUT2D eigenvalue weighted by Crippen LogP contribution is -2.36. The van der Waals surface area contributed by atoms with Gasteiger partial charge in [0, 0.05) is 25.4 Å². The van der Waals surface area contributed by atoms with Crippen LogP contribution in [0.15, 0.2) is 48.7 Å². The molecule has 0 spiro atoms. The van der Waals surface area contributed by atoms with Gasteiger partial charge in [0.2, 0.25) is 5.82 Å². The van der Waals surface area contributed by atoms with E-state index in [4.69, 9.17) is 0 Å². The topological polar surface area (TPSA) is 79.5 Å². The van der Waals surface area contributed by atoms with Crippen molar-refractivity contribution < 1.29 is 10.0 Å². The third-order valence-corrected chi connectivity index (χ3v) is 4.39. The van der Waals surface area contributed by atoms with E-state index < -0.39 is 11.0 Å². The molecule has 23 heavy (non-hydrogen) atoms. The van der Waals surface area contributed by atoms with Gasteiger partial charge in [0.05, 0.1) is 11.0 Å². The van der Waals surface area contributed by atoms with Crippen molar-refractivity contribution in [1.29, 1.82) is 0 Å². The van der Waals surface area contributed by atoms with Gasteiger partial charge < -0.3 is 10.0 Å². The number of nitro groups is 1. The average molecular weight is 313 g/mol. The van der Waals surface area contributed by atoms with Gasteiger partial charge in [-0.1, -0.05) is 30.3 Å². The first-order valence-electron chi connectivity index (χ1n) is 7.74. The molecule has 0 radical (unpaired) electrons. The van der Waals surface area contributed by atoms with Crippen molar-refractivity contribution in [2.75, 3.05) is 18.0 Å². The van der Waals surface area contributed by atoms with Crippen molar-refractivity contribution in [3.8, 4) is 0 Å². The van der Waals surface area contributed by atoms with Gasteiger partial charge in [-0.2, -0.15) is 0 Å². The standard InChI is InChI=1S/C17H19N3O3/c21-16(13-5-2-1-3-6-13)14-8-11-19(12-9-14)17-15(20(22)23)7-4-10-18-17/h1-7,10,14,16,21H,8-9,11-12H2. The molecule has 6 heteroatoms. The number of aliphatic hydroxyl groups excluding tert-OH is 1. The highest BCUT2D eigenvalue weighted by molar-refractivity contribution is 5.57. The second-order valence-electron chi connectivity index (χ2n) is 5.78. The molecule has 1 atom stereocenters. The van der Waals surface area contributed by atoms with Crippen LogP contribution in [0, 0.1) is 16.0 Å². The summed E-state index contributed by atoms with van der Waals surface area (Å²) in [6.07, 6.45) is 2.65. The van der Waals surface area contributed by atoms with E-state index in [2.05, 4.69) is 4.98 Å². The summed E-state index contributed by atoms with van der Waals surface area (Å²) in [5.74, 6) is 0.585. The van der Waals surface area contributed by atoms with Crippen LogP contribution in [0.2, 0.25) is 0 Å². The van der Waals surface area contributed by atoms with Crippen LogP contribution in [0.4, 0.5) is 11.5 Å². The van der Waals surface area contributed by atoms with Crippen LogP contribution in [-0.2, 0) is 0 Å². The van der Waals surface area contributed by atoms with E-state index in [-0.39, 0.29) is 11.6 Å². The number of aliphatic hydroxyl groups is 1. The number of benzene rings is 1. The Labute approximate surface area is 134 Å². The molecule has 0 saturated carbocycles. The van der Waals surface area contributed by atoms with Crippen molar-refractivity contribution in [2.24, 2.45) is 5.92 Å². The smallest absolute Gasteiger partial charge is 0.311 e. The van der Waals surface area contributed by atoms with Crippen LogP contribution in [0.5, 0.6) is 0 Å². The van der Waals surface area contributed by atoms with Crippen LogP contribution in [0.3, 0.4) is 0 Å². The second kappa shape index (κ2) is 6.75. The molecule has 2 heterocycles.